The lowest BCUT2D eigenvalue weighted by Gasteiger charge is -2.36. The lowest BCUT2D eigenvalue weighted by Crippen LogP contribution is -2.55. The molecule has 0 aliphatic carbocycles. The molecule has 0 heterocycles. The Hall–Kier alpha value is -3.75. The third-order valence-corrected chi connectivity index (χ3v) is 5.69. The van der Waals surface area contributed by atoms with Crippen molar-refractivity contribution in [3.05, 3.63) is 59.7 Å². The van der Waals surface area contributed by atoms with Crippen molar-refractivity contribution < 1.29 is 29.3 Å². The van der Waals surface area contributed by atoms with Crippen LogP contribution in [0.4, 0.5) is 4.79 Å². The predicted octanol–water partition coefficient (Wildman–Crippen LogP) is 4.82. The van der Waals surface area contributed by atoms with Crippen LogP contribution in [0.1, 0.15) is 78.5 Å². The second-order valence-corrected chi connectivity index (χ2v) is 11.7. The number of aromatic hydroxyl groups is 2. The van der Waals surface area contributed by atoms with Crippen molar-refractivity contribution in [2.24, 2.45) is 0 Å². The van der Waals surface area contributed by atoms with Gasteiger partial charge >= 0.3 is 6.09 Å². The number of carbonyl (C=O) groups is 3. The summed E-state index contributed by atoms with van der Waals surface area (Å²) in [6, 6.07) is 10.5. The molecule has 39 heavy (non-hydrogen) atoms. The van der Waals surface area contributed by atoms with E-state index in [0.29, 0.717) is 12.0 Å². The summed E-state index contributed by atoms with van der Waals surface area (Å²) in [5.41, 5.74) is -0.414. The van der Waals surface area contributed by atoms with E-state index in [1.54, 1.807) is 51.1 Å². The quantitative estimate of drug-likeness (QED) is 0.342. The monoisotopic (exact) mass is 541 g/mol. The molecule has 214 valence electrons. The summed E-state index contributed by atoms with van der Waals surface area (Å²) in [5.74, 6) is -0.991. The second kappa shape index (κ2) is 13.4. The Bertz CT molecular complexity index is 1120. The van der Waals surface area contributed by atoms with Crippen LogP contribution in [0.3, 0.4) is 0 Å². The molecule has 0 fully saturated rings. The molecule has 2 aromatic carbocycles. The molecule has 0 spiro atoms. The predicted molar refractivity (Wildman–Crippen MR) is 150 cm³/mol. The highest BCUT2D eigenvalue weighted by Crippen LogP contribution is 2.31. The van der Waals surface area contributed by atoms with E-state index in [-0.39, 0.29) is 30.0 Å². The summed E-state index contributed by atoms with van der Waals surface area (Å²) in [4.78, 5) is 42.2. The van der Waals surface area contributed by atoms with Gasteiger partial charge in [-0.3, -0.25) is 9.59 Å². The summed E-state index contributed by atoms with van der Waals surface area (Å²) in [5, 5.41) is 26.1. The van der Waals surface area contributed by atoms with Crippen LogP contribution >= 0.6 is 0 Å². The highest BCUT2D eigenvalue weighted by atomic mass is 16.6. The van der Waals surface area contributed by atoms with Crippen molar-refractivity contribution in [2.75, 3.05) is 6.54 Å². The van der Waals surface area contributed by atoms with E-state index in [9.17, 15) is 24.6 Å². The largest absolute Gasteiger partial charge is 0.508 e. The Morgan fingerprint density at radius 3 is 2.10 bits per heavy atom. The minimum atomic E-state index is -1.15. The van der Waals surface area contributed by atoms with Gasteiger partial charge in [0.2, 0.25) is 11.8 Å². The fourth-order valence-corrected chi connectivity index (χ4v) is 4.02. The van der Waals surface area contributed by atoms with E-state index in [1.165, 1.54) is 23.1 Å². The first-order valence-corrected chi connectivity index (χ1v) is 13.3. The lowest BCUT2D eigenvalue weighted by atomic mass is 9.98. The molecule has 9 heteroatoms. The third-order valence-electron chi connectivity index (χ3n) is 5.69. The van der Waals surface area contributed by atoms with Gasteiger partial charge in [0.25, 0.3) is 0 Å². The molecule has 2 unspecified atom stereocenters. The number of amides is 3. The molecule has 4 N–H and O–H groups in total. The van der Waals surface area contributed by atoms with E-state index in [4.69, 9.17) is 4.74 Å². The molecule has 0 radical (unpaired) electrons. The van der Waals surface area contributed by atoms with Crippen LogP contribution < -0.4 is 10.6 Å². The number of phenols is 2. The van der Waals surface area contributed by atoms with E-state index < -0.39 is 41.1 Å². The molecule has 2 aromatic rings. The molecule has 0 aliphatic heterocycles. The number of benzene rings is 2. The van der Waals surface area contributed by atoms with Crippen LogP contribution in [0.15, 0.2) is 48.5 Å². The van der Waals surface area contributed by atoms with E-state index in [2.05, 4.69) is 10.6 Å². The maximum atomic E-state index is 14.3. The van der Waals surface area contributed by atoms with Crippen LogP contribution in [-0.2, 0) is 20.7 Å². The zero-order valence-electron chi connectivity index (χ0n) is 24.1. The van der Waals surface area contributed by atoms with Gasteiger partial charge in [-0.05, 0) is 71.7 Å². The summed E-state index contributed by atoms with van der Waals surface area (Å²) in [6.07, 6.45) is 0.667. The molecule has 0 bridgehead atoms. The fraction of sp³-hybridized carbons (Fsp3) is 0.500. The summed E-state index contributed by atoms with van der Waals surface area (Å²) in [6.45, 7) is 12.9. The molecule has 3 amide bonds. The van der Waals surface area contributed by atoms with Crippen molar-refractivity contribution in [3.63, 3.8) is 0 Å². The number of nitrogens with zero attached hydrogens (tertiary/aromatic N) is 1. The summed E-state index contributed by atoms with van der Waals surface area (Å²) in [7, 11) is 0. The highest BCUT2D eigenvalue weighted by molar-refractivity contribution is 5.93. The van der Waals surface area contributed by atoms with Gasteiger partial charge in [0.15, 0.2) is 0 Å². The van der Waals surface area contributed by atoms with Crippen LogP contribution in [0, 0.1) is 0 Å². The number of rotatable bonds is 10. The number of carbonyl (C=O) groups excluding carboxylic acids is 3. The van der Waals surface area contributed by atoms with Crippen LogP contribution in [-0.4, -0.2) is 56.7 Å². The van der Waals surface area contributed by atoms with Crippen LogP contribution in [0.25, 0.3) is 0 Å². The number of unbranched alkanes of at least 4 members (excludes halogenated alkanes) is 1. The first-order chi connectivity index (χ1) is 18.1. The number of ether oxygens (including phenoxy) is 1. The number of alkyl carbamates (subject to hydrolysis) is 1. The average Bonchev–Trinajstić information content (AvgIpc) is 2.80. The maximum Gasteiger partial charge on any atom is 0.408 e. The van der Waals surface area contributed by atoms with Gasteiger partial charge in [0.05, 0.1) is 0 Å². The molecule has 0 aliphatic rings. The molecule has 0 saturated carbocycles. The Labute approximate surface area is 231 Å². The van der Waals surface area contributed by atoms with Crippen LogP contribution in [0.2, 0.25) is 0 Å². The van der Waals surface area contributed by atoms with Crippen molar-refractivity contribution in [2.45, 2.75) is 91.0 Å². The molecule has 9 nitrogen and oxygen atoms in total. The molecular weight excluding hydrogens is 498 g/mol. The Morgan fingerprint density at radius 1 is 0.949 bits per heavy atom. The molecule has 2 rings (SSSR count). The van der Waals surface area contributed by atoms with Gasteiger partial charge in [-0.2, -0.15) is 0 Å². The summed E-state index contributed by atoms with van der Waals surface area (Å²) >= 11 is 0. The van der Waals surface area contributed by atoms with Crippen molar-refractivity contribution in [1.29, 1.82) is 0 Å². The topological polar surface area (TPSA) is 128 Å². The van der Waals surface area contributed by atoms with Crippen molar-refractivity contribution in [1.82, 2.24) is 15.5 Å². The third kappa shape index (κ3) is 10.1. The molecular formula is C30H43N3O6. The van der Waals surface area contributed by atoms with E-state index >= 15 is 0 Å². The zero-order chi connectivity index (χ0) is 29.4. The number of hydrogen-bond donors (Lipinski definition) is 4. The Morgan fingerprint density at radius 2 is 1.56 bits per heavy atom. The smallest absolute Gasteiger partial charge is 0.408 e. The highest BCUT2D eigenvalue weighted by Gasteiger charge is 2.38. The standard InChI is InChI=1S/C30H43N3O6/c1-8-9-18-33(25(26(36)32-29(2,3)4)22-12-10-11-13-24(22)35)27(37)23(31-28(38)39-30(5,6)7)19-20-14-16-21(34)17-15-20/h10-17,23,25,34-35H,8-9,18-19H2,1-7H3,(H,31,38)(H,32,36). The van der Waals surface area contributed by atoms with Gasteiger partial charge in [-0.25, -0.2) is 4.79 Å². The van der Waals surface area contributed by atoms with Crippen molar-refractivity contribution in [3.8, 4) is 11.5 Å². The van der Waals surface area contributed by atoms with Gasteiger partial charge in [0, 0.05) is 24.1 Å². The number of nitrogens with one attached hydrogen (secondary N) is 2. The van der Waals surface area contributed by atoms with Gasteiger partial charge in [-0.15, -0.1) is 0 Å². The van der Waals surface area contributed by atoms with Gasteiger partial charge in [-0.1, -0.05) is 43.7 Å². The minimum Gasteiger partial charge on any atom is -0.508 e. The van der Waals surface area contributed by atoms with Crippen LogP contribution in [0.5, 0.6) is 11.5 Å². The SMILES string of the molecule is CCCCN(C(=O)C(Cc1ccc(O)cc1)NC(=O)OC(C)(C)C)C(C(=O)NC(C)(C)C)c1ccccc1O. The summed E-state index contributed by atoms with van der Waals surface area (Å²) < 4.78 is 5.43. The average molecular weight is 542 g/mol. The first kappa shape index (κ1) is 31.5. The number of phenolic OH excluding ortho intramolecular Hbond substituents is 2. The lowest BCUT2D eigenvalue weighted by molar-refractivity contribution is -0.143. The minimum absolute atomic E-state index is 0.0739. The maximum absolute atomic E-state index is 14.3. The first-order valence-electron chi connectivity index (χ1n) is 13.3. The molecule has 2 atom stereocenters. The normalized spacial score (nSPS) is 13.2. The molecule has 0 aromatic heterocycles. The van der Waals surface area contributed by atoms with E-state index in [0.717, 1.165) is 6.42 Å². The van der Waals surface area contributed by atoms with E-state index in [1.807, 2.05) is 27.7 Å². The second-order valence-electron chi connectivity index (χ2n) is 11.7. The molecule has 0 saturated heterocycles. The number of hydrogen-bond acceptors (Lipinski definition) is 6. The Balaban J connectivity index is 2.58. The fourth-order valence-electron chi connectivity index (χ4n) is 4.02. The van der Waals surface area contributed by atoms with Crippen molar-refractivity contribution >= 4 is 17.9 Å². The zero-order valence-corrected chi connectivity index (χ0v) is 24.1. The van der Waals surface area contributed by atoms with Gasteiger partial charge in [0.1, 0.15) is 29.2 Å². The number of para-hydroxylation sites is 1. The van der Waals surface area contributed by atoms with Gasteiger partial charge < -0.3 is 30.5 Å². The Kier molecular flexibility index (Phi) is 10.8.